The van der Waals surface area contributed by atoms with Crippen molar-refractivity contribution >= 4 is 22.4 Å². The normalized spacial score (nSPS) is 22.5. The molecule has 2 aliphatic heterocycles. The maximum absolute atomic E-state index is 12.3. The molecular weight excluding hydrogens is 458 g/mol. The minimum Gasteiger partial charge on any atom is -0.488 e. The highest BCUT2D eigenvalue weighted by atomic mass is 32.1. The van der Waals surface area contributed by atoms with Crippen LogP contribution in [0.25, 0.3) is 11.3 Å². The van der Waals surface area contributed by atoms with E-state index in [1.807, 2.05) is 0 Å². The van der Waals surface area contributed by atoms with Crippen molar-refractivity contribution in [1.29, 1.82) is 0 Å². The summed E-state index contributed by atoms with van der Waals surface area (Å²) in [6, 6.07) is 11.0. The molecule has 1 aliphatic carbocycles. The Morgan fingerprint density at radius 2 is 2.14 bits per heavy atom. The van der Waals surface area contributed by atoms with Gasteiger partial charge >= 0.3 is 5.97 Å². The van der Waals surface area contributed by atoms with Gasteiger partial charge in [-0.05, 0) is 73.0 Å². The molecule has 35 heavy (non-hydrogen) atoms. The summed E-state index contributed by atoms with van der Waals surface area (Å²) in [6.07, 6.45) is 2.00. The van der Waals surface area contributed by atoms with E-state index in [-0.39, 0.29) is 11.4 Å². The fourth-order valence-corrected chi connectivity index (χ4v) is 6.63. The molecule has 1 saturated heterocycles. The molecule has 6 rings (SSSR count). The summed E-state index contributed by atoms with van der Waals surface area (Å²) in [6.45, 7) is 8.29. The van der Waals surface area contributed by atoms with Crippen LogP contribution in [0.5, 0.6) is 5.75 Å². The van der Waals surface area contributed by atoms with Crippen molar-refractivity contribution in [3.05, 3.63) is 63.5 Å². The van der Waals surface area contributed by atoms with Gasteiger partial charge in [0, 0.05) is 30.6 Å². The number of carbonyl (C=O) groups excluding carboxylic acids is 1. The van der Waals surface area contributed by atoms with E-state index in [2.05, 4.69) is 59.8 Å². The van der Waals surface area contributed by atoms with Gasteiger partial charge in [-0.2, -0.15) is 0 Å². The molecule has 7 heteroatoms. The molecular formula is C28H31N3O3S. The lowest BCUT2D eigenvalue weighted by Crippen LogP contribution is -2.29. The number of aryl methyl sites for hydroxylation is 2. The van der Waals surface area contributed by atoms with Gasteiger partial charge < -0.3 is 19.7 Å². The summed E-state index contributed by atoms with van der Waals surface area (Å²) in [5.74, 6) is 1.20. The first kappa shape index (κ1) is 22.6. The van der Waals surface area contributed by atoms with E-state index in [4.69, 9.17) is 14.5 Å². The Hall–Kier alpha value is -2.90. The summed E-state index contributed by atoms with van der Waals surface area (Å²) >= 11 is 1.63. The lowest BCUT2D eigenvalue weighted by Gasteiger charge is -2.19. The van der Waals surface area contributed by atoms with E-state index in [9.17, 15) is 4.79 Å². The van der Waals surface area contributed by atoms with E-state index in [1.165, 1.54) is 29.4 Å². The molecule has 3 heterocycles. The number of benzene rings is 2. The van der Waals surface area contributed by atoms with Gasteiger partial charge in [0.2, 0.25) is 0 Å². The summed E-state index contributed by atoms with van der Waals surface area (Å²) in [5, 5.41) is 6.50. The Morgan fingerprint density at radius 1 is 1.26 bits per heavy atom. The Morgan fingerprint density at radius 3 is 3.00 bits per heavy atom. The predicted molar refractivity (Wildman–Crippen MR) is 138 cm³/mol. The molecule has 0 unspecified atom stereocenters. The summed E-state index contributed by atoms with van der Waals surface area (Å²) < 4.78 is 11.5. The van der Waals surface area contributed by atoms with Crippen LogP contribution in [0.1, 0.15) is 34.2 Å². The SMILES string of the molecule is COC(=O)[C@]12C[C@H]1CN(c1nc(-c3cc(C)cc(C)c3OCc3ccc4c(c3)CCNC4)cs1)C2. The van der Waals surface area contributed by atoms with Gasteiger partial charge in [-0.15, -0.1) is 11.3 Å². The zero-order valence-electron chi connectivity index (χ0n) is 20.5. The Labute approximate surface area is 210 Å². The number of carbonyl (C=O) groups is 1. The zero-order valence-corrected chi connectivity index (χ0v) is 21.3. The highest BCUT2D eigenvalue weighted by Crippen LogP contribution is 2.59. The minimum atomic E-state index is -0.320. The van der Waals surface area contributed by atoms with Gasteiger partial charge in [-0.25, -0.2) is 4.98 Å². The van der Waals surface area contributed by atoms with Crippen LogP contribution in [0, 0.1) is 25.2 Å². The summed E-state index contributed by atoms with van der Waals surface area (Å²) in [5.41, 5.74) is 7.94. The van der Waals surface area contributed by atoms with E-state index in [0.717, 1.165) is 60.2 Å². The highest BCUT2D eigenvalue weighted by molar-refractivity contribution is 7.14. The second-order valence-corrected chi connectivity index (χ2v) is 11.1. The molecule has 0 bridgehead atoms. The molecule has 1 aromatic heterocycles. The maximum atomic E-state index is 12.3. The molecule has 1 saturated carbocycles. The third-order valence-corrected chi connectivity index (χ3v) is 8.64. The molecule has 3 aromatic rings. The van der Waals surface area contributed by atoms with Gasteiger partial charge in [-0.1, -0.05) is 24.3 Å². The van der Waals surface area contributed by atoms with Gasteiger partial charge in [0.1, 0.15) is 12.4 Å². The number of fused-ring (bicyclic) bond motifs is 2. The topological polar surface area (TPSA) is 63.7 Å². The van der Waals surface area contributed by atoms with Crippen molar-refractivity contribution in [3.63, 3.8) is 0 Å². The van der Waals surface area contributed by atoms with Crippen molar-refractivity contribution in [1.82, 2.24) is 10.3 Å². The van der Waals surface area contributed by atoms with Crippen LogP contribution in [0.15, 0.2) is 35.7 Å². The molecule has 2 aromatic carbocycles. The molecule has 6 nitrogen and oxygen atoms in total. The second-order valence-electron chi connectivity index (χ2n) is 10.2. The van der Waals surface area contributed by atoms with Gasteiger partial charge in [0.15, 0.2) is 5.13 Å². The van der Waals surface area contributed by atoms with Crippen molar-refractivity contribution in [2.75, 3.05) is 31.6 Å². The molecule has 0 amide bonds. The number of esters is 1. The number of aromatic nitrogens is 1. The number of anilines is 1. The highest BCUT2D eigenvalue weighted by Gasteiger charge is 2.66. The Kier molecular flexibility index (Phi) is 5.57. The average molecular weight is 490 g/mol. The lowest BCUT2D eigenvalue weighted by atomic mass is 9.98. The van der Waals surface area contributed by atoms with E-state index >= 15 is 0 Å². The largest absolute Gasteiger partial charge is 0.488 e. The zero-order chi connectivity index (χ0) is 24.2. The number of hydrogen-bond donors (Lipinski definition) is 1. The van der Waals surface area contributed by atoms with Crippen LogP contribution in [-0.2, 0) is 29.1 Å². The average Bonchev–Trinajstić information content (AvgIpc) is 3.20. The monoisotopic (exact) mass is 489 g/mol. The number of ether oxygens (including phenoxy) is 2. The molecule has 3 aliphatic rings. The quantitative estimate of drug-likeness (QED) is 0.509. The van der Waals surface area contributed by atoms with Gasteiger partial charge in [-0.3, -0.25) is 4.79 Å². The van der Waals surface area contributed by atoms with Crippen LogP contribution in [-0.4, -0.2) is 37.7 Å². The minimum absolute atomic E-state index is 0.0785. The van der Waals surface area contributed by atoms with Gasteiger partial charge in [0.25, 0.3) is 0 Å². The number of methoxy groups -OCH3 is 1. The van der Waals surface area contributed by atoms with Crippen molar-refractivity contribution in [2.24, 2.45) is 11.3 Å². The third-order valence-electron chi connectivity index (χ3n) is 7.74. The van der Waals surface area contributed by atoms with Crippen molar-refractivity contribution in [2.45, 2.75) is 39.8 Å². The van der Waals surface area contributed by atoms with Crippen LogP contribution in [0.2, 0.25) is 0 Å². The number of hydrogen-bond acceptors (Lipinski definition) is 7. The fraction of sp³-hybridized carbons (Fsp3) is 0.429. The molecule has 182 valence electrons. The molecule has 0 radical (unpaired) electrons. The second kappa shape index (κ2) is 8.64. The van der Waals surface area contributed by atoms with E-state index in [0.29, 0.717) is 19.1 Å². The van der Waals surface area contributed by atoms with Crippen molar-refractivity contribution in [3.8, 4) is 17.0 Å². The first-order valence-corrected chi connectivity index (χ1v) is 13.2. The summed E-state index contributed by atoms with van der Waals surface area (Å²) in [7, 11) is 1.49. The Bertz CT molecular complexity index is 1300. The smallest absolute Gasteiger partial charge is 0.313 e. The number of nitrogens with one attached hydrogen (secondary N) is 1. The van der Waals surface area contributed by atoms with E-state index < -0.39 is 0 Å². The van der Waals surface area contributed by atoms with Crippen LogP contribution in [0.4, 0.5) is 5.13 Å². The number of nitrogens with zero attached hydrogens (tertiary/aromatic N) is 2. The number of piperidine rings is 1. The fourth-order valence-electron chi connectivity index (χ4n) is 5.79. The molecule has 0 spiro atoms. The molecule has 2 fully saturated rings. The van der Waals surface area contributed by atoms with Crippen LogP contribution < -0.4 is 15.0 Å². The molecule has 2 atom stereocenters. The van der Waals surface area contributed by atoms with Gasteiger partial charge in [0.05, 0.1) is 18.2 Å². The van der Waals surface area contributed by atoms with E-state index in [1.54, 1.807) is 11.3 Å². The standard InChI is InChI=1S/C28H31N3O3S/c1-17-8-18(2)25(34-14-19-4-5-21-12-29-7-6-20(21)10-19)23(9-17)24-15-35-27(30-24)31-13-22-11-28(22,16-31)26(32)33-3/h4-5,8-10,15,22,29H,6-7,11-14,16H2,1-3H3/t22-,28-/m0/s1. The first-order valence-electron chi connectivity index (χ1n) is 12.3. The predicted octanol–water partition coefficient (Wildman–Crippen LogP) is 4.65. The number of thiazole rings is 1. The molecule has 1 N–H and O–H groups in total. The van der Waals surface area contributed by atoms with Crippen LogP contribution in [0.3, 0.4) is 0 Å². The first-order chi connectivity index (χ1) is 17.0. The van der Waals surface area contributed by atoms with Crippen LogP contribution >= 0.6 is 11.3 Å². The summed E-state index contributed by atoms with van der Waals surface area (Å²) in [4.78, 5) is 19.5. The lowest BCUT2D eigenvalue weighted by molar-refractivity contribution is -0.146. The third kappa shape index (κ3) is 4.00. The maximum Gasteiger partial charge on any atom is 0.313 e. The van der Waals surface area contributed by atoms with Crippen molar-refractivity contribution < 1.29 is 14.3 Å². The number of rotatable bonds is 6. The Balaban J connectivity index is 1.23.